The van der Waals surface area contributed by atoms with Gasteiger partial charge in [-0.2, -0.15) is 5.10 Å². The summed E-state index contributed by atoms with van der Waals surface area (Å²) < 4.78 is 1.86. The molecule has 1 atom stereocenters. The maximum Gasteiger partial charge on any atom is 0.221 e. The fourth-order valence-corrected chi connectivity index (χ4v) is 6.06. The average Bonchev–Trinajstić information content (AvgIpc) is 2.93. The molecular weight excluding hydrogens is 288 g/mol. The Morgan fingerprint density at radius 2 is 1.91 bits per heavy atom. The highest BCUT2D eigenvalue weighted by Crippen LogP contribution is 2.61. The average molecular weight is 316 g/mol. The van der Waals surface area contributed by atoms with Gasteiger partial charge in [0.2, 0.25) is 5.91 Å². The first-order valence-electron chi connectivity index (χ1n) is 9.24. The van der Waals surface area contributed by atoms with Crippen LogP contribution in [0.15, 0.2) is 6.33 Å². The van der Waals surface area contributed by atoms with E-state index in [0.29, 0.717) is 11.8 Å². The van der Waals surface area contributed by atoms with E-state index in [9.17, 15) is 4.79 Å². The lowest BCUT2D eigenvalue weighted by Crippen LogP contribution is -2.48. The van der Waals surface area contributed by atoms with Crippen molar-refractivity contribution >= 4 is 5.91 Å². The van der Waals surface area contributed by atoms with Crippen LogP contribution in [0.1, 0.15) is 70.7 Å². The van der Waals surface area contributed by atoms with Crippen LogP contribution < -0.4 is 5.32 Å². The Bertz CT molecular complexity index is 558. The van der Waals surface area contributed by atoms with Gasteiger partial charge in [0.25, 0.3) is 0 Å². The zero-order valence-electron chi connectivity index (χ0n) is 14.3. The number of aromatic nitrogens is 3. The van der Waals surface area contributed by atoms with Crippen LogP contribution >= 0.6 is 0 Å². The number of hydrogen-bond donors (Lipinski definition) is 1. The highest BCUT2D eigenvalue weighted by atomic mass is 16.1. The van der Waals surface area contributed by atoms with Gasteiger partial charge in [0.05, 0.1) is 6.04 Å². The molecule has 1 unspecified atom stereocenters. The monoisotopic (exact) mass is 316 g/mol. The van der Waals surface area contributed by atoms with Gasteiger partial charge in [0.15, 0.2) is 0 Å². The first kappa shape index (κ1) is 15.2. The maximum absolute atomic E-state index is 12.7. The van der Waals surface area contributed by atoms with Crippen LogP contribution in [-0.2, 0) is 11.3 Å². The summed E-state index contributed by atoms with van der Waals surface area (Å²) in [5.41, 5.74) is 0.303. The molecule has 4 saturated carbocycles. The van der Waals surface area contributed by atoms with Crippen molar-refractivity contribution in [3.63, 3.8) is 0 Å². The summed E-state index contributed by atoms with van der Waals surface area (Å²) in [5, 5.41) is 7.37. The standard InChI is InChI=1S/C18H28N4O/c1-3-22-17(19-11-20-22)12(2)21-16(23)10-18-7-13-4-14(8-18)6-15(5-13)9-18/h11-15H,3-10H2,1-2H3,(H,21,23). The lowest BCUT2D eigenvalue weighted by atomic mass is 9.49. The van der Waals surface area contributed by atoms with Crippen LogP contribution in [0.5, 0.6) is 0 Å². The van der Waals surface area contributed by atoms with Gasteiger partial charge in [0, 0.05) is 13.0 Å². The minimum absolute atomic E-state index is 0.0705. The van der Waals surface area contributed by atoms with E-state index in [1.165, 1.54) is 38.5 Å². The zero-order chi connectivity index (χ0) is 16.0. The number of aryl methyl sites for hydroxylation is 1. The van der Waals surface area contributed by atoms with E-state index in [1.54, 1.807) is 6.33 Å². The van der Waals surface area contributed by atoms with E-state index in [0.717, 1.165) is 30.1 Å². The number of nitrogens with zero attached hydrogens (tertiary/aromatic N) is 3. The molecule has 1 amide bonds. The molecule has 4 bridgehead atoms. The van der Waals surface area contributed by atoms with Crippen LogP contribution in [0.25, 0.3) is 0 Å². The molecule has 5 nitrogen and oxygen atoms in total. The zero-order valence-corrected chi connectivity index (χ0v) is 14.3. The third-order valence-electron chi connectivity index (χ3n) is 6.41. The van der Waals surface area contributed by atoms with Gasteiger partial charge in [0.1, 0.15) is 12.2 Å². The molecule has 1 aromatic rings. The van der Waals surface area contributed by atoms with Crippen LogP contribution in [0, 0.1) is 23.2 Å². The van der Waals surface area contributed by atoms with Gasteiger partial charge >= 0.3 is 0 Å². The molecule has 0 aliphatic heterocycles. The van der Waals surface area contributed by atoms with Crippen molar-refractivity contribution in [2.45, 2.75) is 71.4 Å². The number of rotatable bonds is 5. The number of carbonyl (C=O) groups excluding carboxylic acids is 1. The van der Waals surface area contributed by atoms with Crippen LogP contribution in [-0.4, -0.2) is 20.7 Å². The molecule has 4 aliphatic rings. The normalized spacial score (nSPS) is 36.2. The Kier molecular flexibility index (Phi) is 3.69. The summed E-state index contributed by atoms with van der Waals surface area (Å²) in [6, 6.07) is -0.0705. The number of amides is 1. The van der Waals surface area contributed by atoms with Gasteiger partial charge in [-0.1, -0.05) is 0 Å². The minimum Gasteiger partial charge on any atom is -0.346 e. The first-order chi connectivity index (χ1) is 11.1. The highest BCUT2D eigenvalue weighted by molar-refractivity contribution is 5.77. The molecular formula is C18H28N4O. The van der Waals surface area contributed by atoms with Gasteiger partial charge in [-0.3, -0.25) is 4.79 Å². The Morgan fingerprint density at radius 3 is 2.48 bits per heavy atom. The first-order valence-corrected chi connectivity index (χ1v) is 9.24. The summed E-state index contributed by atoms with van der Waals surface area (Å²) in [4.78, 5) is 17.0. The number of nitrogens with one attached hydrogen (secondary N) is 1. The minimum atomic E-state index is -0.0705. The molecule has 0 radical (unpaired) electrons. The predicted molar refractivity (Wildman–Crippen MR) is 87.5 cm³/mol. The molecule has 0 aromatic carbocycles. The van der Waals surface area contributed by atoms with Gasteiger partial charge in [-0.05, 0) is 75.5 Å². The third-order valence-corrected chi connectivity index (χ3v) is 6.41. The SMILES string of the molecule is CCn1ncnc1C(C)NC(=O)CC12CC3CC(CC(C3)C1)C2. The Hall–Kier alpha value is -1.39. The second kappa shape index (κ2) is 5.60. The Balaban J connectivity index is 1.40. The van der Waals surface area contributed by atoms with Crippen molar-refractivity contribution in [2.75, 3.05) is 0 Å². The van der Waals surface area contributed by atoms with Gasteiger partial charge < -0.3 is 5.32 Å². The smallest absolute Gasteiger partial charge is 0.221 e. The van der Waals surface area contributed by atoms with Crippen molar-refractivity contribution in [3.05, 3.63) is 12.2 Å². The van der Waals surface area contributed by atoms with Crippen molar-refractivity contribution < 1.29 is 4.79 Å². The molecule has 1 N–H and O–H groups in total. The summed E-state index contributed by atoms with van der Waals surface area (Å²) in [7, 11) is 0. The van der Waals surface area contributed by atoms with Crippen molar-refractivity contribution in [3.8, 4) is 0 Å². The second-order valence-electron chi connectivity index (χ2n) is 8.32. The van der Waals surface area contributed by atoms with E-state index in [2.05, 4.69) is 15.4 Å². The maximum atomic E-state index is 12.7. The summed E-state index contributed by atoms with van der Waals surface area (Å²) in [5.74, 6) is 3.75. The van der Waals surface area contributed by atoms with Crippen LogP contribution in [0.3, 0.4) is 0 Å². The van der Waals surface area contributed by atoms with E-state index >= 15 is 0 Å². The van der Waals surface area contributed by atoms with Crippen molar-refractivity contribution in [1.82, 2.24) is 20.1 Å². The van der Waals surface area contributed by atoms with E-state index in [-0.39, 0.29) is 11.9 Å². The molecule has 1 heterocycles. The fraction of sp³-hybridized carbons (Fsp3) is 0.833. The highest BCUT2D eigenvalue weighted by Gasteiger charge is 2.51. The third kappa shape index (κ3) is 2.79. The predicted octanol–water partition coefficient (Wildman–Crippen LogP) is 3.08. The molecule has 0 saturated heterocycles. The van der Waals surface area contributed by atoms with Crippen molar-refractivity contribution in [2.24, 2.45) is 23.2 Å². The van der Waals surface area contributed by atoms with Crippen molar-refractivity contribution in [1.29, 1.82) is 0 Å². The number of hydrogen-bond acceptors (Lipinski definition) is 3. The molecule has 126 valence electrons. The molecule has 4 fully saturated rings. The Morgan fingerprint density at radius 1 is 1.30 bits per heavy atom. The molecule has 5 rings (SSSR count). The Labute approximate surface area is 138 Å². The largest absolute Gasteiger partial charge is 0.346 e. The second-order valence-corrected chi connectivity index (χ2v) is 8.32. The summed E-state index contributed by atoms with van der Waals surface area (Å²) >= 11 is 0. The topological polar surface area (TPSA) is 59.8 Å². The quantitative estimate of drug-likeness (QED) is 0.908. The van der Waals surface area contributed by atoms with Gasteiger partial charge in [-0.15, -0.1) is 0 Å². The van der Waals surface area contributed by atoms with Crippen LogP contribution in [0.4, 0.5) is 0 Å². The molecule has 5 heteroatoms. The molecule has 4 aliphatic carbocycles. The molecule has 1 aromatic heterocycles. The summed E-state index contributed by atoms with van der Waals surface area (Å²) in [6.45, 7) is 4.83. The number of carbonyl (C=O) groups is 1. The molecule has 23 heavy (non-hydrogen) atoms. The fourth-order valence-electron chi connectivity index (χ4n) is 6.06. The van der Waals surface area contributed by atoms with E-state index in [1.807, 2.05) is 18.5 Å². The van der Waals surface area contributed by atoms with Crippen LogP contribution in [0.2, 0.25) is 0 Å². The lowest BCUT2D eigenvalue weighted by molar-refractivity contribution is -0.130. The van der Waals surface area contributed by atoms with Gasteiger partial charge in [-0.25, -0.2) is 9.67 Å². The van der Waals surface area contributed by atoms with E-state index in [4.69, 9.17) is 0 Å². The summed E-state index contributed by atoms with van der Waals surface area (Å²) in [6.07, 6.45) is 10.4. The van der Waals surface area contributed by atoms with E-state index < -0.39 is 0 Å². The molecule has 0 spiro atoms. The lowest BCUT2D eigenvalue weighted by Gasteiger charge is -2.56.